The van der Waals surface area contributed by atoms with Crippen molar-refractivity contribution in [1.29, 1.82) is 0 Å². The lowest BCUT2D eigenvalue weighted by Gasteiger charge is -2.31. The Bertz CT molecular complexity index is 203. The predicted octanol–water partition coefficient (Wildman–Crippen LogP) is 3.20. The van der Waals surface area contributed by atoms with Crippen LogP contribution in [0.5, 0.6) is 0 Å². The van der Waals surface area contributed by atoms with Crippen molar-refractivity contribution in [2.75, 3.05) is 0 Å². The summed E-state index contributed by atoms with van der Waals surface area (Å²) in [7, 11) is 0. The van der Waals surface area contributed by atoms with Crippen molar-refractivity contribution in [3.63, 3.8) is 0 Å². The van der Waals surface area contributed by atoms with Crippen LogP contribution in [0.1, 0.15) is 40.0 Å². The van der Waals surface area contributed by atoms with Crippen LogP contribution in [0, 0.1) is 17.8 Å². The van der Waals surface area contributed by atoms with E-state index in [-0.39, 0.29) is 0 Å². The van der Waals surface area contributed by atoms with Gasteiger partial charge in [0.2, 0.25) is 0 Å². The molecule has 1 rings (SSSR count). The molecule has 0 aliphatic heterocycles. The first-order chi connectivity index (χ1) is 6.15. The molecule has 0 heterocycles. The van der Waals surface area contributed by atoms with Gasteiger partial charge in [0.15, 0.2) is 0 Å². The van der Waals surface area contributed by atoms with Crippen molar-refractivity contribution < 1.29 is 4.79 Å². The van der Waals surface area contributed by atoms with Crippen LogP contribution in [0.2, 0.25) is 0 Å². The summed E-state index contributed by atoms with van der Waals surface area (Å²) in [5, 5.41) is 0. The van der Waals surface area contributed by atoms with Crippen LogP contribution in [0.4, 0.5) is 0 Å². The van der Waals surface area contributed by atoms with E-state index in [1.54, 1.807) is 6.08 Å². The molecule has 1 aliphatic rings. The molecule has 0 aromatic carbocycles. The number of carbonyl (C=O) groups excluding carboxylic acids is 1. The number of hydrogen-bond donors (Lipinski definition) is 0. The molecule has 1 fully saturated rings. The molecule has 0 aromatic heterocycles. The Labute approximate surface area is 81.2 Å². The van der Waals surface area contributed by atoms with E-state index in [2.05, 4.69) is 20.8 Å². The molecule has 2 atom stereocenters. The van der Waals surface area contributed by atoms with Gasteiger partial charge in [0.1, 0.15) is 6.29 Å². The second-order valence-electron chi connectivity index (χ2n) is 4.56. The second kappa shape index (κ2) is 4.59. The van der Waals surface area contributed by atoms with Crippen LogP contribution in [0.25, 0.3) is 0 Å². The zero-order valence-corrected chi connectivity index (χ0v) is 8.92. The largest absolute Gasteiger partial charge is 0.299 e. The molecule has 1 heteroatoms. The fourth-order valence-electron chi connectivity index (χ4n) is 2.14. The molecular formula is C12H20O. The summed E-state index contributed by atoms with van der Waals surface area (Å²) in [6, 6.07) is 0. The summed E-state index contributed by atoms with van der Waals surface area (Å²) in [5.74, 6) is 2.17. The normalized spacial score (nSPS) is 32.5. The molecule has 1 aliphatic carbocycles. The first kappa shape index (κ1) is 10.5. The molecule has 0 spiro atoms. The van der Waals surface area contributed by atoms with Crippen LogP contribution >= 0.6 is 0 Å². The summed E-state index contributed by atoms with van der Waals surface area (Å²) in [4.78, 5) is 10.4. The molecule has 1 nitrogen and oxygen atoms in total. The van der Waals surface area contributed by atoms with Gasteiger partial charge in [0.05, 0.1) is 0 Å². The maximum absolute atomic E-state index is 10.4. The van der Waals surface area contributed by atoms with Gasteiger partial charge in [0.25, 0.3) is 0 Å². The van der Waals surface area contributed by atoms with Crippen molar-refractivity contribution in [3.8, 4) is 0 Å². The molecule has 0 bridgehead atoms. The highest BCUT2D eigenvalue weighted by Gasteiger charge is 2.24. The zero-order chi connectivity index (χ0) is 9.84. The Hall–Kier alpha value is -0.590. The molecule has 13 heavy (non-hydrogen) atoms. The Morgan fingerprint density at radius 1 is 1.38 bits per heavy atom. The van der Waals surface area contributed by atoms with E-state index in [9.17, 15) is 4.79 Å². The smallest absolute Gasteiger partial charge is 0.142 e. The number of aldehydes is 1. The SMILES string of the molecule is CC1CCC(C(C)C)CC1=CC=O. The Morgan fingerprint density at radius 2 is 2.08 bits per heavy atom. The molecule has 0 aromatic rings. The lowest BCUT2D eigenvalue weighted by Crippen LogP contribution is -2.19. The lowest BCUT2D eigenvalue weighted by atomic mass is 9.74. The third-order valence-corrected chi connectivity index (χ3v) is 3.33. The van der Waals surface area contributed by atoms with Crippen molar-refractivity contribution in [2.45, 2.75) is 40.0 Å². The highest BCUT2D eigenvalue weighted by molar-refractivity contribution is 5.66. The zero-order valence-electron chi connectivity index (χ0n) is 8.92. The molecular weight excluding hydrogens is 160 g/mol. The van der Waals surface area contributed by atoms with Gasteiger partial charge >= 0.3 is 0 Å². The van der Waals surface area contributed by atoms with E-state index in [4.69, 9.17) is 0 Å². The van der Waals surface area contributed by atoms with Gasteiger partial charge in [0, 0.05) is 0 Å². The maximum atomic E-state index is 10.4. The third kappa shape index (κ3) is 2.68. The van der Waals surface area contributed by atoms with E-state index in [0.29, 0.717) is 5.92 Å². The van der Waals surface area contributed by atoms with E-state index in [1.165, 1.54) is 18.4 Å². The van der Waals surface area contributed by atoms with Crippen molar-refractivity contribution >= 4 is 6.29 Å². The predicted molar refractivity (Wildman–Crippen MR) is 55.5 cm³/mol. The number of hydrogen-bond acceptors (Lipinski definition) is 1. The van der Waals surface area contributed by atoms with Gasteiger partial charge < -0.3 is 0 Å². The summed E-state index contributed by atoms with van der Waals surface area (Å²) in [6.45, 7) is 6.78. The summed E-state index contributed by atoms with van der Waals surface area (Å²) >= 11 is 0. The Kier molecular flexibility index (Phi) is 3.71. The Morgan fingerprint density at radius 3 is 2.62 bits per heavy atom. The highest BCUT2D eigenvalue weighted by atomic mass is 16.1. The van der Waals surface area contributed by atoms with Gasteiger partial charge in [-0.05, 0) is 43.1 Å². The standard InChI is InChI=1S/C12H20O/c1-9(2)11-5-4-10(3)12(8-11)6-7-13/h6-7,9-11H,4-5,8H2,1-3H3. The van der Waals surface area contributed by atoms with Crippen LogP contribution in [0.15, 0.2) is 11.6 Å². The quantitative estimate of drug-likeness (QED) is 0.471. The minimum atomic E-state index is 0.625. The van der Waals surface area contributed by atoms with E-state index in [0.717, 1.165) is 24.5 Å². The molecule has 0 N–H and O–H groups in total. The van der Waals surface area contributed by atoms with Crippen molar-refractivity contribution in [2.24, 2.45) is 17.8 Å². The van der Waals surface area contributed by atoms with Crippen LogP contribution < -0.4 is 0 Å². The van der Waals surface area contributed by atoms with Gasteiger partial charge in [-0.25, -0.2) is 0 Å². The average Bonchev–Trinajstić information content (AvgIpc) is 2.08. The first-order valence-corrected chi connectivity index (χ1v) is 5.29. The second-order valence-corrected chi connectivity index (χ2v) is 4.56. The minimum absolute atomic E-state index is 0.625. The van der Waals surface area contributed by atoms with Crippen LogP contribution in [0.3, 0.4) is 0 Å². The molecule has 1 saturated carbocycles. The third-order valence-electron chi connectivity index (χ3n) is 3.33. The number of allylic oxidation sites excluding steroid dienone is 2. The molecule has 0 saturated heterocycles. The van der Waals surface area contributed by atoms with E-state index >= 15 is 0 Å². The molecule has 2 unspecified atom stereocenters. The maximum Gasteiger partial charge on any atom is 0.142 e. The number of rotatable bonds is 2. The topological polar surface area (TPSA) is 17.1 Å². The highest BCUT2D eigenvalue weighted by Crippen LogP contribution is 2.36. The van der Waals surface area contributed by atoms with Crippen LogP contribution in [-0.4, -0.2) is 6.29 Å². The van der Waals surface area contributed by atoms with E-state index < -0.39 is 0 Å². The van der Waals surface area contributed by atoms with Gasteiger partial charge in [-0.15, -0.1) is 0 Å². The van der Waals surface area contributed by atoms with Crippen molar-refractivity contribution in [3.05, 3.63) is 11.6 Å². The first-order valence-electron chi connectivity index (χ1n) is 5.29. The molecule has 0 amide bonds. The minimum Gasteiger partial charge on any atom is -0.299 e. The van der Waals surface area contributed by atoms with E-state index in [1.807, 2.05) is 0 Å². The summed E-state index contributed by atoms with van der Waals surface area (Å²) < 4.78 is 0. The van der Waals surface area contributed by atoms with Gasteiger partial charge in [-0.1, -0.05) is 26.3 Å². The summed E-state index contributed by atoms with van der Waals surface area (Å²) in [5.41, 5.74) is 1.36. The average molecular weight is 180 g/mol. The van der Waals surface area contributed by atoms with Gasteiger partial charge in [-0.2, -0.15) is 0 Å². The summed E-state index contributed by atoms with van der Waals surface area (Å²) in [6.07, 6.45) is 6.43. The molecule has 74 valence electrons. The fourth-order valence-corrected chi connectivity index (χ4v) is 2.14. The Balaban J connectivity index is 2.63. The molecule has 0 radical (unpaired) electrons. The van der Waals surface area contributed by atoms with Crippen molar-refractivity contribution in [1.82, 2.24) is 0 Å². The monoisotopic (exact) mass is 180 g/mol. The lowest BCUT2D eigenvalue weighted by molar-refractivity contribution is -0.104. The number of carbonyl (C=O) groups is 1. The van der Waals surface area contributed by atoms with Gasteiger partial charge in [-0.3, -0.25) is 4.79 Å². The fraction of sp³-hybridized carbons (Fsp3) is 0.750. The van der Waals surface area contributed by atoms with Crippen LogP contribution in [-0.2, 0) is 4.79 Å².